The fourth-order valence-electron chi connectivity index (χ4n) is 3.44. The van der Waals surface area contributed by atoms with Gasteiger partial charge in [0.15, 0.2) is 3.23 Å². The molecule has 166 valence electrons. The van der Waals surface area contributed by atoms with Crippen LogP contribution in [0, 0.1) is 18.6 Å². The molecule has 2 aromatic carbocycles. The molecule has 0 bridgehead atoms. The molecule has 5 nitrogen and oxygen atoms in total. The molecule has 0 N–H and O–H groups in total. The van der Waals surface area contributed by atoms with Crippen LogP contribution in [0.4, 0.5) is 14.5 Å². The minimum Gasteiger partial charge on any atom is -0.487 e. The fraction of sp³-hybridized carbons (Fsp3) is 0.182. The molecular formula is C22H15Br2ClF2N2O3. The van der Waals surface area contributed by atoms with Gasteiger partial charge in [0, 0.05) is 29.0 Å². The molecule has 3 aromatic rings. The van der Waals surface area contributed by atoms with E-state index in [1.807, 2.05) is 12.1 Å². The number of rotatable bonds is 5. The molecule has 1 aliphatic heterocycles. The number of aryl methyl sites for hydroxylation is 1. The van der Waals surface area contributed by atoms with Crippen molar-refractivity contribution in [3.63, 3.8) is 0 Å². The van der Waals surface area contributed by atoms with Crippen LogP contribution in [0.1, 0.15) is 16.8 Å². The highest BCUT2D eigenvalue weighted by Gasteiger charge is 2.47. The lowest BCUT2D eigenvalue weighted by molar-refractivity contribution is -0.118. The highest BCUT2D eigenvalue weighted by molar-refractivity contribution is 9.25. The minimum atomic E-state index is -1.08. The largest absolute Gasteiger partial charge is 0.487 e. The second-order valence-corrected chi connectivity index (χ2v) is 11.0. The maximum Gasteiger partial charge on any atom is 0.274 e. The Bertz CT molecular complexity index is 1300. The highest BCUT2D eigenvalue weighted by atomic mass is 79.9. The van der Waals surface area contributed by atoms with Gasteiger partial charge in [-0.05, 0) is 25.1 Å². The summed E-state index contributed by atoms with van der Waals surface area (Å²) in [6.45, 7) is 1.37. The van der Waals surface area contributed by atoms with Crippen molar-refractivity contribution in [1.82, 2.24) is 4.57 Å². The summed E-state index contributed by atoms with van der Waals surface area (Å²) in [4.78, 5) is 27.4. The van der Waals surface area contributed by atoms with Crippen LogP contribution in [0.2, 0.25) is 5.02 Å². The first-order valence-electron chi connectivity index (χ1n) is 9.37. The van der Waals surface area contributed by atoms with E-state index < -0.39 is 20.4 Å². The van der Waals surface area contributed by atoms with E-state index >= 15 is 0 Å². The number of amides is 1. The Labute approximate surface area is 203 Å². The van der Waals surface area contributed by atoms with Crippen molar-refractivity contribution in [2.45, 2.75) is 23.4 Å². The van der Waals surface area contributed by atoms with E-state index in [1.54, 1.807) is 19.1 Å². The average molecular weight is 589 g/mol. The Morgan fingerprint density at radius 2 is 1.81 bits per heavy atom. The van der Waals surface area contributed by atoms with E-state index in [1.165, 1.54) is 21.6 Å². The smallest absolute Gasteiger partial charge is 0.274 e. The summed E-state index contributed by atoms with van der Waals surface area (Å²) in [5, 5.41) is -0.206. The summed E-state index contributed by atoms with van der Waals surface area (Å²) < 4.78 is 32.7. The van der Waals surface area contributed by atoms with Crippen LogP contribution in [0.3, 0.4) is 0 Å². The molecule has 32 heavy (non-hydrogen) atoms. The molecule has 0 fully saturated rings. The number of alkyl halides is 2. The Balaban J connectivity index is 1.62. The van der Waals surface area contributed by atoms with E-state index in [0.29, 0.717) is 11.4 Å². The highest BCUT2D eigenvalue weighted by Crippen LogP contribution is 2.50. The number of para-hydroxylation sites is 1. The Morgan fingerprint density at radius 3 is 2.53 bits per heavy atom. The van der Waals surface area contributed by atoms with Gasteiger partial charge in [0.05, 0.1) is 5.69 Å². The van der Waals surface area contributed by atoms with Gasteiger partial charge in [-0.15, -0.1) is 0 Å². The minimum absolute atomic E-state index is 0.0634. The number of hydrogen-bond donors (Lipinski definition) is 0. The van der Waals surface area contributed by atoms with Gasteiger partial charge in [0.25, 0.3) is 11.5 Å². The summed E-state index contributed by atoms with van der Waals surface area (Å²) in [5.74, 6) is -1.67. The van der Waals surface area contributed by atoms with Gasteiger partial charge in [0.1, 0.15) is 35.7 Å². The van der Waals surface area contributed by atoms with Crippen LogP contribution >= 0.6 is 43.5 Å². The first-order chi connectivity index (χ1) is 15.1. The van der Waals surface area contributed by atoms with Gasteiger partial charge < -0.3 is 4.74 Å². The van der Waals surface area contributed by atoms with Crippen molar-refractivity contribution < 1.29 is 18.3 Å². The first kappa shape index (κ1) is 22.9. The molecule has 1 aliphatic rings. The standard InChI is InChI=1S/C22H15Br2ClF2N2O3/c1-12-8-18(32-10-13-6-7-14(26)9-16(13)27)19(25)20(30)28(12)11-29-17-5-3-2-4-15(17)22(23,24)21(29)31/h2-9H,10-11H2,1H3. The van der Waals surface area contributed by atoms with Gasteiger partial charge in [-0.1, -0.05) is 61.7 Å². The zero-order valence-corrected chi connectivity index (χ0v) is 20.5. The van der Waals surface area contributed by atoms with Crippen LogP contribution in [0.5, 0.6) is 5.75 Å². The predicted molar refractivity (Wildman–Crippen MR) is 125 cm³/mol. The van der Waals surface area contributed by atoms with Gasteiger partial charge in [0.2, 0.25) is 0 Å². The number of fused-ring (bicyclic) bond motifs is 1. The molecule has 0 spiro atoms. The molecule has 1 amide bonds. The van der Waals surface area contributed by atoms with Crippen LogP contribution in [-0.4, -0.2) is 10.5 Å². The topological polar surface area (TPSA) is 51.5 Å². The molecule has 0 aliphatic carbocycles. The molecule has 0 radical (unpaired) electrons. The van der Waals surface area contributed by atoms with Crippen LogP contribution < -0.4 is 15.2 Å². The maximum atomic E-state index is 13.9. The number of carbonyl (C=O) groups excluding carboxylic acids is 1. The van der Waals surface area contributed by atoms with Crippen molar-refractivity contribution in [2.24, 2.45) is 0 Å². The molecule has 2 heterocycles. The number of hydrogen-bond acceptors (Lipinski definition) is 3. The number of carbonyl (C=O) groups is 1. The average Bonchev–Trinajstić information content (AvgIpc) is 2.94. The summed E-state index contributed by atoms with van der Waals surface area (Å²) in [5.41, 5.74) is 1.42. The Morgan fingerprint density at radius 1 is 1.09 bits per heavy atom. The van der Waals surface area contributed by atoms with E-state index in [-0.39, 0.29) is 35.5 Å². The number of nitrogens with zero attached hydrogens (tertiary/aromatic N) is 2. The molecule has 0 saturated heterocycles. The first-order valence-corrected chi connectivity index (χ1v) is 11.3. The summed E-state index contributed by atoms with van der Waals surface area (Å²) in [6.07, 6.45) is 0. The third-order valence-electron chi connectivity index (χ3n) is 5.14. The molecular weight excluding hydrogens is 574 g/mol. The molecule has 4 rings (SSSR count). The lowest BCUT2D eigenvalue weighted by Gasteiger charge is -2.22. The number of ether oxygens (including phenoxy) is 1. The van der Waals surface area contributed by atoms with Crippen molar-refractivity contribution in [2.75, 3.05) is 4.90 Å². The lowest BCUT2D eigenvalue weighted by atomic mass is 10.2. The summed E-state index contributed by atoms with van der Waals surface area (Å²) >= 11 is 13.1. The van der Waals surface area contributed by atoms with Crippen LogP contribution in [-0.2, 0) is 21.3 Å². The van der Waals surface area contributed by atoms with E-state index in [9.17, 15) is 18.4 Å². The third kappa shape index (κ3) is 3.97. The van der Waals surface area contributed by atoms with Crippen molar-refractivity contribution in [1.29, 1.82) is 0 Å². The maximum absolute atomic E-state index is 13.9. The van der Waals surface area contributed by atoms with Crippen molar-refractivity contribution in [3.8, 4) is 5.75 Å². The second-order valence-electron chi connectivity index (χ2n) is 7.19. The number of benzene rings is 2. The zero-order valence-electron chi connectivity index (χ0n) is 16.5. The van der Waals surface area contributed by atoms with E-state index in [4.69, 9.17) is 16.3 Å². The normalized spacial score (nSPS) is 14.6. The molecule has 1 aromatic heterocycles. The predicted octanol–water partition coefficient (Wildman–Crippen LogP) is 5.61. The Kier molecular flexibility index (Phi) is 6.17. The van der Waals surface area contributed by atoms with Gasteiger partial charge in [-0.25, -0.2) is 8.78 Å². The van der Waals surface area contributed by atoms with Gasteiger partial charge >= 0.3 is 0 Å². The number of pyridine rings is 1. The SMILES string of the molecule is Cc1cc(OCc2ccc(F)cc2F)c(Cl)c(=O)n1CN1C(=O)C(Br)(Br)c2ccccc21. The number of halogens is 5. The quantitative estimate of drug-likeness (QED) is 0.364. The zero-order chi connectivity index (χ0) is 23.2. The van der Waals surface area contributed by atoms with E-state index in [2.05, 4.69) is 31.9 Å². The number of anilines is 1. The van der Waals surface area contributed by atoms with Crippen LogP contribution in [0.25, 0.3) is 0 Å². The fourth-order valence-corrected chi connectivity index (χ4v) is 4.75. The monoisotopic (exact) mass is 586 g/mol. The molecule has 0 unspecified atom stereocenters. The van der Waals surface area contributed by atoms with E-state index in [0.717, 1.165) is 17.7 Å². The van der Waals surface area contributed by atoms with Crippen LogP contribution in [0.15, 0.2) is 53.3 Å². The third-order valence-corrected chi connectivity index (χ3v) is 7.02. The van der Waals surface area contributed by atoms with Crippen molar-refractivity contribution >= 4 is 55.1 Å². The summed E-state index contributed by atoms with van der Waals surface area (Å²) in [6, 6.07) is 11.9. The van der Waals surface area contributed by atoms with Crippen molar-refractivity contribution in [3.05, 3.63) is 92.4 Å². The van der Waals surface area contributed by atoms with Gasteiger partial charge in [-0.3, -0.25) is 19.1 Å². The Hall–Kier alpha value is -2.23. The molecule has 0 atom stereocenters. The van der Waals surface area contributed by atoms with Gasteiger partial charge in [-0.2, -0.15) is 0 Å². The summed E-state index contributed by atoms with van der Waals surface area (Å²) in [7, 11) is 0. The lowest BCUT2D eigenvalue weighted by Crippen LogP contribution is -2.38. The second kappa shape index (κ2) is 8.61. The molecule has 0 saturated carbocycles. The molecule has 10 heteroatoms. The number of aromatic nitrogens is 1.